The van der Waals surface area contributed by atoms with Crippen molar-refractivity contribution in [3.05, 3.63) is 0 Å². The molecule has 4 nitrogen and oxygen atoms in total. The molecule has 1 rings (SSSR count). The van der Waals surface area contributed by atoms with E-state index < -0.39 is 49.7 Å². The van der Waals surface area contributed by atoms with Gasteiger partial charge in [-0.05, 0) is 0 Å². The molecule has 1 fully saturated rings. The lowest BCUT2D eigenvalue weighted by Gasteiger charge is -2.16. The number of hydrogen-bond donors (Lipinski definition) is 3. The zero-order valence-corrected chi connectivity index (χ0v) is 9.75. The van der Waals surface area contributed by atoms with Crippen molar-refractivity contribution in [1.29, 1.82) is 0 Å². The van der Waals surface area contributed by atoms with Crippen LogP contribution in [0, 0.1) is 0 Å². The molecule has 0 bridgehead atoms. The predicted octanol–water partition coefficient (Wildman–Crippen LogP) is 0.445. The number of amides is 1. The van der Waals surface area contributed by atoms with Crippen LogP contribution in [0.5, 0.6) is 0 Å². The summed E-state index contributed by atoms with van der Waals surface area (Å²) in [5.74, 6) is -4.02. The predicted molar refractivity (Wildman–Crippen MR) is 53.7 cm³/mol. The highest BCUT2D eigenvalue weighted by Crippen LogP contribution is 2.25. The van der Waals surface area contributed by atoms with Crippen LogP contribution in [0.3, 0.4) is 0 Å². The average Bonchev–Trinajstić information content (AvgIpc) is 2.53. The minimum absolute atomic E-state index is 0. The second kappa shape index (κ2) is 5.98. The molecular formula is C8H12ClF5N2O2. The van der Waals surface area contributed by atoms with Crippen molar-refractivity contribution in [2.24, 2.45) is 0 Å². The Bertz CT molecular complexity index is 300. The van der Waals surface area contributed by atoms with Crippen molar-refractivity contribution in [3.63, 3.8) is 0 Å². The van der Waals surface area contributed by atoms with Crippen LogP contribution in [0.4, 0.5) is 22.0 Å². The van der Waals surface area contributed by atoms with Crippen LogP contribution >= 0.6 is 12.4 Å². The Morgan fingerprint density at radius 3 is 2.44 bits per heavy atom. The Hall–Kier alpha value is -0.670. The summed E-state index contributed by atoms with van der Waals surface area (Å²) >= 11 is 0. The molecular weight excluding hydrogens is 287 g/mol. The molecule has 1 amide bonds. The maximum atomic E-state index is 12.7. The van der Waals surface area contributed by atoms with Gasteiger partial charge in [0.1, 0.15) is 0 Å². The van der Waals surface area contributed by atoms with Gasteiger partial charge in [0, 0.05) is 6.42 Å². The van der Waals surface area contributed by atoms with Gasteiger partial charge in [-0.2, -0.15) is 13.2 Å². The number of carbonyl (C=O) groups is 1. The van der Waals surface area contributed by atoms with Crippen molar-refractivity contribution in [2.45, 2.75) is 30.7 Å². The maximum absolute atomic E-state index is 12.7. The van der Waals surface area contributed by atoms with Crippen molar-refractivity contribution >= 4 is 18.3 Å². The zero-order valence-electron chi connectivity index (χ0n) is 8.93. The average molecular weight is 299 g/mol. The topological polar surface area (TPSA) is 61.4 Å². The van der Waals surface area contributed by atoms with Gasteiger partial charge >= 0.3 is 6.18 Å². The van der Waals surface area contributed by atoms with Gasteiger partial charge in [0.25, 0.3) is 5.92 Å². The Kier molecular flexibility index (Phi) is 5.76. The molecule has 18 heavy (non-hydrogen) atoms. The van der Waals surface area contributed by atoms with Gasteiger partial charge in [-0.1, -0.05) is 0 Å². The van der Waals surface area contributed by atoms with Crippen LogP contribution < -0.4 is 10.6 Å². The van der Waals surface area contributed by atoms with Crippen molar-refractivity contribution in [1.82, 2.24) is 10.6 Å². The summed E-state index contributed by atoms with van der Waals surface area (Å²) in [5, 5.41) is 12.5. The highest BCUT2D eigenvalue weighted by Gasteiger charge is 2.43. The van der Waals surface area contributed by atoms with E-state index in [2.05, 4.69) is 5.32 Å². The van der Waals surface area contributed by atoms with Gasteiger partial charge in [-0.25, -0.2) is 8.78 Å². The summed E-state index contributed by atoms with van der Waals surface area (Å²) in [7, 11) is 0. The highest BCUT2D eigenvalue weighted by molar-refractivity contribution is 5.85. The third-order valence-electron chi connectivity index (χ3n) is 2.27. The molecule has 0 aromatic rings. The third kappa shape index (κ3) is 4.91. The summed E-state index contributed by atoms with van der Waals surface area (Å²) in [6.07, 6.45) is -8.31. The van der Waals surface area contributed by atoms with Gasteiger partial charge in [0.2, 0.25) is 5.91 Å². The molecule has 2 atom stereocenters. The second-order valence-electron chi connectivity index (χ2n) is 3.80. The van der Waals surface area contributed by atoms with Crippen LogP contribution in [0.1, 0.15) is 6.42 Å². The van der Waals surface area contributed by atoms with Gasteiger partial charge in [0.15, 0.2) is 6.10 Å². The lowest BCUT2D eigenvalue weighted by Crippen LogP contribution is -2.46. The number of rotatable bonds is 3. The van der Waals surface area contributed by atoms with E-state index in [-0.39, 0.29) is 12.4 Å². The first-order valence-corrected chi connectivity index (χ1v) is 4.75. The molecule has 0 aromatic heterocycles. The minimum Gasteiger partial charge on any atom is -0.382 e. The van der Waals surface area contributed by atoms with Gasteiger partial charge in [-0.3, -0.25) is 10.1 Å². The molecule has 1 aliphatic rings. The van der Waals surface area contributed by atoms with Gasteiger partial charge in [0.05, 0.1) is 19.1 Å². The SMILES string of the molecule is Cl.O=C(NCC(O)C(F)(F)F)C1CC(F)(F)CN1. The van der Waals surface area contributed by atoms with E-state index in [0.717, 1.165) is 0 Å². The largest absolute Gasteiger partial charge is 0.416 e. The van der Waals surface area contributed by atoms with E-state index in [1.807, 2.05) is 0 Å². The number of alkyl halides is 5. The fraction of sp³-hybridized carbons (Fsp3) is 0.875. The first-order valence-electron chi connectivity index (χ1n) is 4.75. The van der Waals surface area contributed by atoms with E-state index >= 15 is 0 Å². The second-order valence-corrected chi connectivity index (χ2v) is 3.80. The van der Waals surface area contributed by atoms with Crippen LogP contribution in [0.15, 0.2) is 0 Å². The summed E-state index contributed by atoms with van der Waals surface area (Å²) in [6.45, 7) is -1.74. The molecule has 10 heteroatoms. The number of hydrogen-bond acceptors (Lipinski definition) is 3. The first kappa shape index (κ1) is 17.3. The normalized spacial score (nSPS) is 24.2. The fourth-order valence-electron chi connectivity index (χ4n) is 1.34. The number of halogens is 6. The van der Waals surface area contributed by atoms with E-state index in [1.54, 1.807) is 5.32 Å². The minimum atomic E-state index is -4.85. The van der Waals surface area contributed by atoms with Crippen LogP contribution in [0.25, 0.3) is 0 Å². The number of carbonyl (C=O) groups excluding carboxylic acids is 1. The number of aliphatic hydroxyl groups is 1. The summed E-state index contributed by atoms with van der Waals surface area (Å²) in [4.78, 5) is 11.2. The quantitative estimate of drug-likeness (QED) is 0.663. The lowest BCUT2D eigenvalue weighted by atomic mass is 10.2. The number of aliphatic hydroxyl groups excluding tert-OH is 1. The van der Waals surface area contributed by atoms with Crippen LogP contribution in [-0.2, 0) is 4.79 Å². The molecule has 1 heterocycles. The summed E-state index contributed by atoms with van der Waals surface area (Å²) in [5.41, 5.74) is 0. The van der Waals surface area contributed by atoms with E-state index in [4.69, 9.17) is 5.11 Å². The van der Waals surface area contributed by atoms with Gasteiger partial charge in [-0.15, -0.1) is 12.4 Å². The van der Waals surface area contributed by atoms with Crippen LogP contribution in [0.2, 0.25) is 0 Å². The summed E-state index contributed by atoms with van der Waals surface area (Å²) in [6, 6.07) is -1.23. The standard InChI is InChI=1S/C8H11F5N2O2.ClH/c9-7(10)1-4(15-3-7)6(17)14-2-5(16)8(11,12)13;/h4-5,15-16H,1-3H2,(H,14,17);1H. The fourth-order valence-corrected chi connectivity index (χ4v) is 1.34. The molecule has 3 N–H and O–H groups in total. The lowest BCUT2D eigenvalue weighted by molar-refractivity contribution is -0.201. The third-order valence-corrected chi connectivity index (χ3v) is 2.27. The Morgan fingerprint density at radius 2 is 2.06 bits per heavy atom. The molecule has 0 saturated carbocycles. The van der Waals surface area contributed by atoms with E-state index in [0.29, 0.717) is 0 Å². The molecule has 1 saturated heterocycles. The van der Waals surface area contributed by atoms with Crippen LogP contribution in [-0.4, -0.2) is 48.3 Å². The highest BCUT2D eigenvalue weighted by atomic mass is 35.5. The van der Waals surface area contributed by atoms with Crippen molar-refractivity contribution in [2.75, 3.05) is 13.1 Å². The monoisotopic (exact) mass is 298 g/mol. The van der Waals surface area contributed by atoms with Gasteiger partial charge < -0.3 is 10.4 Å². The molecule has 2 unspecified atom stereocenters. The molecule has 0 spiro atoms. The Balaban J connectivity index is 0.00000289. The van der Waals surface area contributed by atoms with E-state index in [9.17, 15) is 26.7 Å². The Labute approximate surface area is 105 Å². The summed E-state index contributed by atoms with van der Waals surface area (Å²) < 4.78 is 60.9. The zero-order chi connectivity index (χ0) is 13.3. The van der Waals surface area contributed by atoms with Crippen molar-refractivity contribution < 1.29 is 31.9 Å². The van der Waals surface area contributed by atoms with Crippen molar-refractivity contribution in [3.8, 4) is 0 Å². The smallest absolute Gasteiger partial charge is 0.382 e. The van der Waals surface area contributed by atoms with E-state index in [1.165, 1.54) is 0 Å². The first-order chi connectivity index (χ1) is 7.62. The Morgan fingerprint density at radius 1 is 1.50 bits per heavy atom. The molecule has 0 aliphatic carbocycles. The molecule has 0 radical (unpaired) electrons. The molecule has 0 aromatic carbocycles. The maximum Gasteiger partial charge on any atom is 0.416 e. The number of nitrogens with one attached hydrogen (secondary N) is 2. The molecule has 1 aliphatic heterocycles. The molecule has 108 valence electrons.